The van der Waals surface area contributed by atoms with Gasteiger partial charge in [0.05, 0.1) is 10.7 Å². The van der Waals surface area contributed by atoms with Crippen molar-refractivity contribution in [2.75, 3.05) is 26.2 Å². The molecular formula is C26H29N3O2S. The molecule has 0 saturated carbocycles. The number of carbonyl (C=O) groups excluding carboxylic acids is 2. The number of hydrogen-bond donors (Lipinski definition) is 0. The summed E-state index contributed by atoms with van der Waals surface area (Å²) in [5, 5.41) is 0.962. The van der Waals surface area contributed by atoms with Gasteiger partial charge in [-0.25, -0.2) is 4.98 Å². The lowest BCUT2D eigenvalue weighted by atomic mass is 10.1. The van der Waals surface area contributed by atoms with Gasteiger partial charge in [-0.2, -0.15) is 0 Å². The molecule has 0 aliphatic carbocycles. The second kappa shape index (κ2) is 10.6. The molecule has 5 nitrogen and oxygen atoms in total. The number of hydrogen-bond acceptors (Lipinski definition) is 4. The first-order chi connectivity index (χ1) is 15.6. The fourth-order valence-corrected chi connectivity index (χ4v) is 5.11. The lowest BCUT2D eigenvalue weighted by Gasteiger charge is -2.34. The molecule has 0 bridgehead atoms. The van der Waals surface area contributed by atoms with Crippen LogP contribution in [0.4, 0.5) is 0 Å². The number of piperazine rings is 1. The van der Waals surface area contributed by atoms with Crippen molar-refractivity contribution < 1.29 is 9.59 Å². The Kier molecular flexibility index (Phi) is 7.32. The minimum Gasteiger partial charge on any atom is -0.339 e. The molecule has 1 fully saturated rings. The topological polar surface area (TPSA) is 53.5 Å². The summed E-state index contributed by atoms with van der Waals surface area (Å²) < 4.78 is 0. The van der Waals surface area contributed by atoms with Crippen LogP contribution in [0.25, 0.3) is 0 Å². The summed E-state index contributed by atoms with van der Waals surface area (Å²) in [6.07, 6.45) is 3.07. The van der Waals surface area contributed by atoms with E-state index in [4.69, 9.17) is 0 Å². The van der Waals surface area contributed by atoms with Gasteiger partial charge in [0, 0.05) is 39.0 Å². The van der Waals surface area contributed by atoms with Crippen LogP contribution < -0.4 is 0 Å². The molecular weight excluding hydrogens is 418 g/mol. The molecule has 2 heterocycles. The largest absolute Gasteiger partial charge is 0.339 e. The lowest BCUT2D eigenvalue weighted by molar-refractivity contribution is -0.132. The summed E-state index contributed by atoms with van der Waals surface area (Å²) in [6.45, 7) is 4.27. The molecule has 1 saturated heterocycles. The molecule has 0 spiro atoms. The monoisotopic (exact) mass is 447 g/mol. The van der Waals surface area contributed by atoms with Crippen LogP contribution in [0.2, 0.25) is 0 Å². The molecule has 0 unspecified atom stereocenters. The van der Waals surface area contributed by atoms with Crippen LogP contribution in [0.3, 0.4) is 0 Å². The van der Waals surface area contributed by atoms with Gasteiger partial charge in [-0.05, 0) is 30.9 Å². The molecule has 2 amide bonds. The van der Waals surface area contributed by atoms with Crippen molar-refractivity contribution in [3.63, 3.8) is 0 Å². The highest BCUT2D eigenvalue weighted by molar-refractivity contribution is 7.13. The highest BCUT2D eigenvalue weighted by Crippen LogP contribution is 2.23. The second-order valence-electron chi connectivity index (χ2n) is 8.20. The van der Waals surface area contributed by atoms with E-state index >= 15 is 0 Å². The van der Waals surface area contributed by atoms with E-state index in [1.165, 1.54) is 22.5 Å². The van der Waals surface area contributed by atoms with Crippen molar-refractivity contribution in [2.45, 2.75) is 32.6 Å². The Morgan fingerprint density at radius 3 is 2.12 bits per heavy atom. The standard InChI is InChI=1S/C26H29N3O2S/c1-20-25(32-23(27-20)19-22-11-6-3-7-12-22)26(31)29-17-15-28(16-18-29)24(30)14-8-13-21-9-4-2-5-10-21/h2-7,9-12H,8,13-19H2,1H3. The molecule has 166 valence electrons. The summed E-state index contributed by atoms with van der Waals surface area (Å²) in [5.41, 5.74) is 3.26. The molecule has 6 heteroatoms. The third kappa shape index (κ3) is 5.62. The highest BCUT2D eigenvalue weighted by atomic mass is 32.1. The summed E-state index contributed by atoms with van der Waals surface area (Å²) in [7, 11) is 0. The fourth-order valence-electron chi connectivity index (χ4n) is 4.05. The smallest absolute Gasteiger partial charge is 0.265 e. The van der Waals surface area contributed by atoms with E-state index in [1.54, 1.807) is 0 Å². The number of aromatic nitrogens is 1. The van der Waals surface area contributed by atoms with Gasteiger partial charge in [0.2, 0.25) is 5.91 Å². The van der Waals surface area contributed by atoms with Crippen LogP contribution in [0.1, 0.15) is 44.3 Å². The van der Waals surface area contributed by atoms with Crippen LogP contribution in [0.15, 0.2) is 60.7 Å². The highest BCUT2D eigenvalue weighted by Gasteiger charge is 2.27. The SMILES string of the molecule is Cc1nc(Cc2ccccc2)sc1C(=O)N1CCN(C(=O)CCCc2ccccc2)CC1. The molecule has 2 aromatic carbocycles. The van der Waals surface area contributed by atoms with Crippen molar-refractivity contribution in [3.8, 4) is 0 Å². The van der Waals surface area contributed by atoms with Crippen LogP contribution in [0.5, 0.6) is 0 Å². The third-order valence-electron chi connectivity index (χ3n) is 5.85. The summed E-state index contributed by atoms with van der Waals surface area (Å²) in [6, 6.07) is 20.5. The van der Waals surface area contributed by atoms with Crippen LogP contribution >= 0.6 is 11.3 Å². The maximum Gasteiger partial charge on any atom is 0.265 e. The molecule has 0 N–H and O–H groups in total. The molecule has 1 aromatic heterocycles. The molecule has 1 aliphatic rings. The zero-order valence-corrected chi connectivity index (χ0v) is 19.3. The van der Waals surface area contributed by atoms with Gasteiger partial charge in [0.1, 0.15) is 4.88 Å². The maximum absolute atomic E-state index is 13.1. The molecule has 0 atom stereocenters. The number of amides is 2. The number of aryl methyl sites for hydroxylation is 2. The van der Waals surface area contributed by atoms with Crippen molar-refractivity contribution in [3.05, 3.63) is 87.4 Å². The fraction of sp³-hybridized carbons (Fsp3) is 0.346. The van der Waals surface area contributed by atoms with E-state index in [9.17, 15) is 9.59 Å². The van der Waals surface area contributed by atoms with E-state index in [0.717, 1.165) is 34.8 Å². The summed E-state index contributed by atoms with van der Waals surface area (Å²) in [5.74, 6) is 0.225. The molecule has 4 rings (SSSR count). The van der Waals surface area contributed by atoms with Crippen molar-refractivity contribution in [2.24, 2.45) is 0 Å². The Hall–Kier alpha value is -2.99. The number of thiazole rings is 1. The average Bonchev–Trinajstić information content (AvgIpc) is 3.19. The number of nitrogens with zero attached hydrogens (tertiary/aromatic N) is 3. The van der Waals surface area contributed by atoms with E-state index in [2.05, 4.69) is 29.2 Å². The van der Waals surface area contributed by atoms with Gasteiger partial charge >= 0.3 is 0 Å². The zero-order chi connectivity index (χ0) is 22.3. The number of carbonyl (C=O) groups is 2. The molecule has 1 aliphatic heterocycles. The zero-order valence-electron chi connectivity index (χ0n) is 18.5. The first kappa shape index (κ1) is 22.2. The Labute approximate surface area is 193 Å². The van der Waals surface area contributed by atoms with Crippen molar-refractivity contribution >= 4 is 23.2 Å². The van der Waals surface area contributed by atoms with Gasteiger partial charge in [0.25, 0.3) is 5.91 Å². The Bertz CT molecular complexity index is 1040. The Balaban J connectivity index is 1.26. The minimum absolute atomic E-state index is 0.0375. The quantitative estimate of drug-likeness (QED) is 0.541. The van der Waals surface area contributed by atoms with Crippen LogP contribution in [0, 0.1) is 6.92 Å². The van der Waals surface area contributed by atoms with E-state index < -0.39 is 0 Å². The first-order valence-electron chi connectivity index (χ1n) is 11.2. The Morgan fingerprint density at radius 1 is 0.875 bits per heavy atom. The predicted octanol–water partition coefficient (Wildman–Crippen LogP) is 4.35. The van der Waals surface area contributed by atoms with E-state index in [-0.39, 0.29) is 11.8 Å². The summed E-state index contributed by atoms with van der Waals surface area (Å²) >= 11 is 1.49. The minimum atomic E-state index is 0.0375. The number of benzene rings is 2. The van der Waals surface area contributed by atoms with Gasteiger partial charge < -0.3 is 9.80 Å². The van der Waals surface area contributed by atoms with Crippen LogP contribution in [-0.2, 0) is 17.6 Å². The lowest BCUT2D eigenvalue weighted by Crippen LogP contribution is -2.50. The average molecular weight is 448 g/mol. The first-order valence-corrected chi connectivity index (χ1v) is 12.0. The van der Waals surface area contributed by atoms with Crippen molar-refractivity contribution in [1.29, 1.82) is 0 Å². The Morgan fingerprint density at radius 2 is 1.47 bits per heavy atom. The van der Waals surface area contributed by atoms with Gasteiger partial charge in [0.15, 0.2) is 0 Å². The summed E-state index contributed by atoms with van der Waals surface area (Å²) in [4.78, 5) is 34.8. The van der Waals surface area contributed by atoms with Gasteiger partial charge in [-0.15, -0.1) is 11.3 Å². The van der Waals surface area contributed by atoms with Gasteiger partial charge in [-0.3, -0.25) is 9.59 Å². The molecule has 32 heavy (non-hydrogen) atoms. The number of rotatable bonds is 7. The van der Waals surface area contributed by atoms with Gasteiger partial charge in [-0.1, -0.05) is 60.7 Å². The molecule has 0 radical (unpaired) electrons. The molecule has 3 aromatic rings. The third-order valence-corrected chi connectivity index (χ3v) is 7.00. The second-order valence-corrected chi connectivity index (χ2v) is 9.28. The van der Waals surface area contributed by atoms with Crippen molar-refractivity contribution in [1.82, 2.24) is 14.8 Å². The predicted molar refractivity (Wildman–Crippen MR) is 128 cm³/mol. The van der Waals surface area contributed by atoms with E-state index in [0.29, 0.717) is 32.6 Å². The normalized spacial score (nSPS) is 13.9. The van der Waals surface area contributed by atoms with Crippen LogP contribution in [-0.4, -0.2) is 52.8 Å². The maximum atomic E-state index is 13.1. The van der Waals surface area contributed by atoms with E-state index in [1.807, 2.05) is 53.1 Å².